The molecule has 1 rings (SSSR count). The second-order valence-corrected chi connectivity index (χ2v) is 6.03. The molecule has 1 fully saturated rings. The third-order valence-electron chi connectivity index (χ3n) is 2.83. The van der Waals surface area contributed by atoms with Gasteiger partial charge in [-0.25, -0.2) is 13.6 Å². The maximum atomic E-state index is 13.7. The SMILES string of the molecule is CCO[C@@H](O)[C@@H]1CN(C(=O)OC(C)(C)C)CC(F)(F)C1. The molecule has 0 saturated carbocycles. The number of alkyl halides is 2. The number of hydrogen-bond donors (Lipinski definition) is 1. The molecule has 1 aliphatic heterocycles. The largest absolute Gasteiger partial charge is 0.444 e. The van der Waals surface area contributed by atoms with Gasteiger partial charge in [0, 0.05) is 25.5 Å². The van der Waals surface area contributed by atoms with Gasteiger partial charge in [0.25, 0.3) is 5.92 Å². The molecule has 0 aromatic rings. The lowest BCUT2D eigenvalue weighted by Gasteiger charge is -2.39. The molecule has 1 N–H and O–H groups in total. The molecule has 0 spiro atoms. The number of hydrogen-bond acceptors (Lipinski definition) is 4. The molecule has 1 aliphatic rings. The molecule has 0 radical (unpaired) electrons. The smallest absolute Gasteiger partial charge is 0.410 e. The molecule has 1 saturated heterocycles. The lowest BCUT2D eigenvalue weighted by atomic mass is 9.95. The maximum Gasteiger partial charge on any atom is 0.410 e. The summed E-state index contributed by atoms with van der Waals surface area (Å²) in [7, 11) is 0. The average molecular weight is 295 g/mol. The van der Waals surface area contributed by atoms with Crippen molar-refractivity contribution >= 4 is 6.09 Å². The van der Waals surface area contributed by atoms with Crippen molar-refractivity contribution in [1.82, 2.24) is 4.90 Å². The van der Waals surface area contributed by atoms with Gasteiger partial charge in [0.1, 0.15) is 5.60 Å². The van der Waals surface area contributed by atoms with E-state index < -0.39 is 42.8 Å². The topological polar surface area (TPSA) is 59.0 Å². The Hall–Kier alpha value is -0.950. The van der Waals surface area contributed by atoms with Gasteiger partial charge in [-0.15, -0.1) is 0 Å². The van der Waals surface area contributed by atoms with Gasteiger partial charge in [0.15, 0.2) is 6.29 Å². The molecule has 2 atom stereocenters. The van der Waals surface area contributed by atoms with E-state index in [1.165, 1.54) is 0 Å². The van der Waals surface area contributed by atoms with Gasteiger partial charge in [-0.3, -0.25) is 0 Å². The Morgan fingerprint density at radius 1 is 1.50 bits per heavy atom. The Morgan fingerprint density at radius 2 is 2.10 bits per heavy atom. The van der Waals surface area contributed by atoms with Crippen LogP contribution in [0.4, 0.5) is 13.6 Å². The van der Waals surface area contributed by atoms with Crippen LogP contribution in [0.3, 0.4) is 0 Å². The summed E-state index contributed by atoms with van der Waals surface area (Å²) in [6.07, 6.45) is -2.62. The van der Waals surface area contributed by atoms with Gasteiger partial charge < -0.3 is 19.5 Å². The van der Waals surface area contributed by atoms with Crippen LogP contribution < -0.4 is 0 Å². The van der Waals surface area contributed by atoms with E-state index in [9.17, 15) is 18.7 Å². The molecule has 20 heavy (non-hydrogen) atoms. The molecule has 1 heterocycles. The number of amides is 1. The zero-order valence-electron chi connectivity index (χ0n) is 12.4. The predicted molar refractivity (Wildman–Crippen MR) is 68.5 cm³/mol. The number of rotatable bonds is 3. The molecular formula is C13H23F2NO4. The number of ether oxygens (including phenoxy) is 2. The van der Waals surface area contributed by atoms with E-state index in [2.05, 4.69) is 0 Å². The molecule has 118 valence electrons. The van der Waals surface area contributed by atoms with Gasteiger partial charge in [0.2, 0.25) is 0 Å². The lowest BCUT2D eigenvalue weighted by Crippen LogP contribution is -2.53. The van der Waals surface area contributed by atoms with Crippen LogP contribution in [0.25, 0.3) is 0 Å². The Kier molecular flexibility index (Phi) is 5.32. The van der Waals surface area contributed by atoms with E-state index in [0.717, 1.165) is 4.90 Å². The Balaban J connectivity index is 2.74. The molecular weight excluding hydrogens is 272 g/mol. The van der Waals surface area contributed by atoms with Gasteiger partial charge in [-0.1, -0.05) is 0 Å². The summed E-state index contributed by atoms with van der Waals surface area (Å²) in [5.41, 5.74) is -0.752. The third kappa shape index (κ3) is 5.20. The van der Waals surface area contributed by atoms with Crippen LogP contribution in [0, 0.1) is 5.92 Å². The van der Waals surface area contributed by atoms with Crippen molar-refractivity contribution in [3.63, 3.8) is 0 Å². The third-order valence-corrected chi connectivity index (χ3v) is 2.83. The lowest BCUT2D eigenvalue weighted by molar-refractivity contribution is -0.176. The number of halogens is 2. The fourth-order valence-corrected chi connectivity index (χ4v) is 2.10. The van der Waals surface area contributed by atoms with Crippen LogP contribution in [0.2, 0.25) is 0 Å². The van der Waals surface area contributed by atoms with Crippen LogP contribution in [-0.4, -0.2) is 53.6 Å². The number of nitrogens with zero attached hydrogens (tertiary/aromatic N) is 1. The van der Waals surface area contributed by atoms with Gasteiger partial charge in [0.05, 0.1) is 6.54 Å². The minimum atomic E-state index is -3.06. The highest BCUT2D eigenvalue weighted by molar-refractivity contribution is 5.68. The zero-order chi connectivity index (χ0) is 15.6. The Morgan fingerprint density at radius 3 is 2.60 bits per heavy atom. The molecule has 7 heteroatoms. The van der Waals surface area contributed by atoms with Gasteiger partial charge in [-0.2, -0.15) is 0 Å². The van der Waals surface area contributed by atoms with Gasteiger partial charge in [-0.05, 0) is 27.7 Å². The van der Waals surface area contributed by atoms with Crippen molar-refractivity contribution < 1.29 is 28.2 Å². The molecule has 0 unspecified atom stereocenters. The van der Waals surface area contributed by atoms with Crippen molar-refractivity contribution in [1.29, 1.82) is 0 Å². The number of piperidine rings is 1. The summed E-state index contributed by atoms with van der Waals surface area (Å²) in [4.78, 5) is 12.8. The minimum absolute atomic E-state index is 0.00826. The van der Waals surface area contributed by atoms with Crippen molar-refractivity contribution in [2.45, 2.75) is 51.9 Å². The summed E-state index contributed by atoms with van der Waals surface area (Å²) in [6.45, 7) is 6.17. The maximum absolute atomic E-state index is 13.7. The van der Waals surface area contributed by atoms with E-state index in [1.54, 1.807) is 27.7 Å². The highest BCUT2D eigenvalue weighted by atomic mass is 19.3. The zero-order valence-corrected chi connectivity index (χ0v) is 12.4. The van der Waals surface area contributed by atoms with Crippen molar-refractivity contribution in [3.05, 3.63) is 0 Å². The van der Waals surface area contributed by atoms with E-state index in [1.807, 2.05) is 0 Å². The number of aliphatic hydroxyl groups excluding tert-OH is 1. The average Bonchev–Trinajstić information content (AvgIpc) is 2.24. The predicted octanol–water partition coefficient (Wildman–Crippen LogP) is 2.23. The quantitative estimate of drug-likeness (QED) is 0.811. The summed E-state index contributed by atoms with van der Waals surface area (Å²) >= 11 is 0. The van der Waals surface area contributed by atoms with E-state index in [0.29, 0.717) is 0 Å². The number of carbonyl (C=O) groups is 1. The fourth-order valence-electron chi connectivity index (χ4n) is 2.10. The van der Waals surface area contributed by atoms with Gasteiger partial charge >= 0.3 is 6.09 Å². The molecule has 5 nitrogen and oxygen atoms in total. The monoisotopic (exact) mass is 295 g/mol. The van der Waals surface area contributed by atoms with Crippen LogP contribution in [0.1, 0.15) is 34.1 Å². The second-order valence-electron chi connectivity index (χ2n) is 6.03. The van der Waals surface area contributed by atoms with Crippen LogP contribution in [0.15, 0.2) is 0 Å². The van der Waals surface area contributed by atoms with Crippen LogP contribution in [0.5, 0.6) is 0 Å². The summed E-state index contributed by atoms with van der Waals surface area (Å²) in [5.74, 6) is -3.89. The first-order chi connectivity index (χ1) is 9.04. The highest BCUT2D eigenvalue weighted by Crippen LogP contribution is 2.33. The molecule has 0 bridgehead atoms. The number of carbonyl (C=O) groups excluding carboxylic acids is 1. The van der Waals surface area contributed by atoms with Crippen molar-refractivity contribution in [2.75, 3.05) is 19.7 Å². The van der Waals surface area contributed by atoms with Crippen LogP contribution in [-0.2, 0) is 9.47 Å². The normalized spacial score (nSPS) is 24.4. The summed E-state index contributed by atoms with van der Waals surface area (Å²) < 4.78 is 37.4. The molecule has 0 aromatic heterocycles. The Labute approximate surface area is 117 Å². The number of likely N-dealkylation sites (tertiary alicyclic amines) is 1. The first kappa shape index (κ1) is 17.1. The Bertz CT molecular complexity index is 344. The first-order valence-electron chi connectivity index (χ1n) is 6.69. The summed E-state index contributed by atoms with van der Waals surface area (Å²) in [5, 5.41) is 9.70. The highest BCUT2D eigenvalue weighted by Gasteiger charge is 2.45. The first-order valence-corrected chi connectivity index (χ1v) is 6.69. The van der Waals surface area contributed by atoms with Crippen LogP contribution >= 0.6 is 0 Å². The van der Waals surface area contributed by atoms with Crippen molar-refractivity contribution in [3.8, 4) is 0 Å². The minimum Gasteiger partial charge on any atom is -0.444 e. The van der Waals surface area contributed by atoms with E-state index in [4.69, 9.17) is 9.47 Å². The summed E-state index contributed by atoms with van der Waals surface area (Å²) in [6, 6.07) is 0. The molecule has 1 amide bonds. The molecule has 0 aromatic carbocycles. The fraction of sp³-hybridized carbons (Fsp3) is 0.923. The van der Waals surface area contributed by atoms with E-state index in [-0.39, 0.29) is 13.2 Å². The second kappa shape index (κ2) is 6.22. The van der Waals surface area contributed by atoms with E-state index >= 15 is 0 Å². The number of aliphatic hydroxyl groups is 1. The molecule has 0 aliphatic carbocycles. The van der Waals surface area contributed by atoms with Crippen molar-refractivity contribution in [2.24, 2.45) is 5.92 Å². The standard InChI is InChI=1S/C13H23F2NO4/c1-5-19-10(17)9-6-13(14,15)8-16(7-9)11(18)20-12(2,3)4/h9-10,17H,5-8H2,1-4H3/t9-,10+/m0/s1.